The molecular weight excluding hydrogens is 517 g/mol. The third-order valence-electron chi connectivity index (χ3n) is 7.28. The van der Waals surface area contributed by atoms with Gasteiger partial charge in [0.1, 0.15) is 17.8 Å². The fourth-order valence-electron chi connectivity index (χ4n) is 5.48. The number of aliphatic hydroxyl groups is 2. The average molecular weight is 541 g/mol. The summed E-state index contributed by atoms with van der Waals surface area (Å²) in [5.41, 5.74) is 8.19. The van der Waals surface area contributed by atoms with Crippen molar-refractivity contribution < 1.29 is 47.9 Å². The largest absolute Gasteiger partial charge is 0.507 e. The Kier molecular flexibility index (Phi) is 5.50. The molecule has 1 aromatic rings. The molecule has 17 heteroatoms. The van der Waals surface area contributed by atoms with Crippen LogP contribution in [-0.2, 0) is 15.8 Å². The van der Waals surface area contributed by atoms with Gasteiger partial charge in [0.25, 0.3) is 11.6 Å². The maximum Gasteiger partial charge on any atom is 0.419 e. The van der Waals surface area contributed by atoms with Crippen LogP contribution in [-0.4, -0.2) is 97.4 Å². The van der Waals surface area contributed by atoms with Gasteiger partial charge in [-0.2, -0.15) is 13.2 Å². The standard InChI is InChI=1S/C21H23F3N8O6/c22-21(23,24)9-5-8(1-2-11(9)33)16(36)28-12-7-32-18(26)27-10(6-31-13(34)3-4-14(31)35)15-19(32,20(12,37)38)30-17(25)29-15/h1-2,5,10,12,15,33,37-38H,3-4,6-7H2,(H2,26,27)(H,28,36)(H3,25,29,30)/p+1/t10-,12?,15-,19-/m0/s1. The van der Waals surface area contributed by atoms with Gasteiger partial charge in [-0.1, -0.05) is 0 Å². The van der Waals surface area contributed by atoms with Crippen LogP contribution in [0.1, 0.15) is 28.8 Å². The fourth-order valence-corrected chi connectivity index (χ4v) is 5.48. The van der Waals surface area contributed by atoms with Crippen molar-refractivity contribution in [1.29, 1.82) is 0 Å². The minimum atomic E-state index is -4.94. The van der Waals surface area contributed by atoms with Gasteiger partial charge in [-0.05, 0) is 18.2 Å². The minimum Gasteiger partial charge on any atom is -0.507 e. The van der Waals surface area contributed by atoms with E-state index >= 15 is 0 Å². The Hall–Kier alpha value is -4.12. The highest BCUT2D eigenvalue weighted by Gasteiger charge is 2.76. The predicted octanol–water partition coefficient (Wildman–Crippen LogP) is -4.58. The molecule has 14 nitrogen and oxygen atoms in total. The van der Waals surface area contributed by atoms with E-state index in [-0.39, 0.29) is 37.9 Å². The van der Waals surface area contributed by atoms with Gasteiger partial charge in [-0.25, -0.2) is 10.3 Å². The Bertz CT molecular complexity index is 1280. The van der Waals surface area contributed by atoms with Crippen LogP contribution >= 0.6 is 0 Å². The Morgan fingerprint density at radius 1 is 1.24 bits per heavy atom. The number of nitrogens with two attached hydrogens (primary N) is 2. The van der Waals surface area contributed by atoms with Crippen LogP contribution in [0.15, 0.2) is 23.2 Å². The van der Waals surface area contributed by atoms with Crippen LogP contribution in [0.3, 0.4) is 0 Å². The third-order valence-corrected chi connectivity index (χ3v) is 7.28. The maximum atomic E-state index is 13.2. The number of carbonyl (C=O) groups is 3. The normalized spacial score (nSPS) is 30.0. The number of guanidine groups is 2. The highest BCUT2D eigenvalue weighted by Crippen LogP contribution is 2.42. The summed E-state index contributed by atoms with van der Waals surface area (Å²) in [7, 11) is 0. The molecule has 0 bridgehead atoms. The highest BCUT2D eigenvalue weighted by molar-refractivity contribution is 6.02. The monoisotopic (exact) mass is 541 g/mol. The number of nitrogens with one attached hydrogen (secondary N) is 3. The lowest BCUT2D eigenvalue weighted by molar-refractivity contribution is -0.521. The first kappa shape index (κ1) is 25.5. The second-order valence-electron chi connectivity index (χ2n) is 9.47. The molecule has 204 valence electrons. The molecule has 0 aromatic heterocycles. The lowest BCUT2D eigenvalue weighted by atomic mass is 9.84. The molecule has 2 fully saturated rings. The molecule has 4 heterocycles. The van der Waals surface area contributed by atoms with Crippen LogP contribution in [0, 0.1) is 0 Å². The first-order valence-electron chi connectivity index (χ1n) is 11.4. The Morgan fingerprint density at radius 3 is 2.53 bits per heavy atom. The lowest BCUT2D eigenvalue weighted by Gasteiger charge is -2.46. The number of alkyl halides is 3. The molecule has 5 rings (SSSR count). The van der Waals surface area contributed by atoms with E-state index < -0.39 is 70.3 Å². The number of amides is 3. The quantitative estimate of drug-likeness (QED) is 0.135. The van der Waals surface area contributed by atoms with Gasteiger partial charge in [0.15, 0.2) is 12.0 Å². The van der Waals surface area contributed by atoms with Crippen molar-refractivity contribution in [3.8, 4) is 5.75 Å². The number of hydrogen-bond acceptors (Lipinski definition) is 11. The molecular formula is C21H24F3N8O6+. The van der Waals surface area contributed by atoms with Crippen molar-refractivity contribution in [2.75, 3.05) is 13.1 Å². The van der Waals surface area contributed by atoms with Gasteiger partial charge < -0.3 is 26.4 Å². The molecule has 3 amide bonds. The minimum absolute atomic E-state index is 0.0258. The van der Waals surface area contributed by atoms with Crippen LogP contribution in [0.4, 0.5) is 13.2 Å². The van der Waals surface area contributed by atoms with E-state index in [0.717, 1.165) is 11.0 Å². The van der Waals surface area contributed by atoms with Crippen LogP contribution in [0.25, 0.3) is 0 Å². The number of likely N-dealkylation sites (tertiary alicyclic amines) is 1. The number of benzene rings is 1. The van der Waals surface area contributed by atoms with E-state index in [4.69, 9.17) is 11.5 Å². The number of carbonyl (C=O) groups excluding carboxylic acids is 3. The molecule has 1 aromatic carbocycles. The number of imide groups is 1. The molecule has 0 saturated carbocycles. The van der Waals surface area contributed by atoms with Crippen LogP contribution in [0.2, 0.25) is 0 Å². The van der Waals surface area contributed by atoms with Crippen molar-refractivity contribution in [3.63, 3.8) is 0 Å². The highest BCUT2D eigenvalue weighted by atomic mass is 19.4. The lowest BCUT2D eigenvalue weighted by Crippen LogP contribution is -2.90. The number of hydrogen-bond donors (Lipinski definition) is 8. The number of aliphatic imine (C=N–C) groups is 1. The number of aromatic hydroxyl groups is 1. The molecule has 38 heavy (non-hydrogen) atoms. The zero-order valence-corrected chi connectivity index (χ0v) is 19.5. The molecule has 4 atom stereocenters. The smallest absolute Gasteiger partial charge is 0.419 e. The Balaban J connectivity index is 1.45. The van der Waals surface area contributed by atoms with Crippen molar-refractivity contribution in [3.05, 3.63) is 29.3 Å². The van der Waals surface area contributed by atoms with E-state index in [2.05, 4.69) is 20.6 Å². The number of phenols is 1. The van der Waals surface area contributed by atoms with Gasteiger partial charge in [0.05, 0.1) is 18.7 Å². The van der Waals surface area contributed by atoms with Gasteiger partial charge in [-0.15, -0.1) is 0 Å². The summed E-state index contributed by atoms with van der Waals surface area (Å²) in [4.78, 5) is 46.6. The summed E-state index contributed by atoms with van der Waals surface area (Å²) in [6, 6.07) is -1.52. The SMILES string of the molecule is NC1=N[C@@H](CN2C(=O)CCC2=O)[C@@H]2[NH+]=C(N)N[C@]23N1CC(NC(=O)c1ccc(O)c(C(F)(F)F)c1)C3(O)O. The zero-order valence-electron chi connectivity index (χ0n) is 19.5. The Morgan fingerprint density at radius 2 is 1.89 bits per heavy atom. The number of phenolic OH excluding ortho intramolecular Hbond substituents is 1. The summed E-state index contributed by atoms with van der Waals surface area (Å²) in [5.74, 6) is -6.21. The summed E-state index contributed by atoms with van der Waals surface area (Å²) >= 11 is 0. The van der Waals surface area contributed by atoms with E-state index in [9.17, 15) is 42.9 Å². The molecule has 10 N–H and O–H groups in total. The first-order valence-corrected chi connectivity index (χ1v) is 11.4. The maximum absolute atomic E-state index is 13.2. The molecule has 4 aliphatic heterocycles. The topological polar surface area (TPSA) is 221 Å². The van der Waals surface area contributed by atoms with Crippen molar-refractivity contribution in [2.24, 2.45) is 16.5 Å². The summed E-state index contributed by atoms with van der Waals surface area (Å²) in [6.45, 7) is -0.591. The first-order chi connectivity index (χ1) is 17.7. The predicted molar refractivity (Wildman–Crippen MR) is 119 cm³/mol. The average Bonchev–Trinajstić information content (AvgIpc) is 3.41. The Labute approximate surface area is 211 Å². The van der Waals surface area contributed by atoms with Crippen LogP contribution < -0.4 is 27.1 Å². The molecule has 4 aliphatic rings. The molecule has 2 saturated heterocycles. The van der Waals surface area contributed by atoms with Crippen molar-refractivity contribution in [1.82, 2.24) is 20.4 Å². The van der Waals surface area contributed by atoms with Crippen molar-refractivity contribution >= 4 is 29.6 Å². The zero-order chi connectivity index (χ0) is 27.8. The van der Waals surface area contributed by atoms with Crippen molar-refractivity contribution in [2.45, 2.75) is 48.6 Å². The van der Waals surface area contributed by atoms with Gasteiger partial charge >= 0.3 is 12.1 Å². The summed E-state index contributed by atoms with van der Waals surface area (Å²) in [6.07, 6.45) is -4.89. The van der Waals surface area contributed by atoms with Gasteiger partial charge in [0.2, 0.25) is 17.6 Å². The van der Waals surface area contributed by atoms with E-state index in [1.807, 2.05) is 0 Å². The molecule has 1 unspecified atom stereocenters. The molecule has 0 aliphatic carbocycles. The second-order valence-corrected chi connectivity index (χ2v) is 9.47. The van der Waals surface area contributed by atoms with E-state index in [0.29, 0.717) is 12.1 Å². The van der Waals surface area contributed by atoms with E-state index in [1.165, 1.54) is 4.90 Å². The third kappa shape index (κ3) is 3.60. The second kappa shape index (κ2) is 8.19. The number of nitrogens with zero attached hydrogens (tertiary/aromatic N) is 3. The summed E-state index contributed by atoms with van der Waals surface area (Å²) in [5, 5.41) is 37.4. The van der Waals surface area contributed by atoms with Gasteiger partial charge in [-0.3, -0.25) is 34.9 Å². The number of rotatable bonds is 4. The van der Waals surface area contributed by atoms with Gasteiger partial charge in [0, 0.05) is 18.4 Å². The molecule has 1 spiro atoms. The molecule has 0 radical (unpaired) electrons. The van der Waals surface area contributed by atoms with Crippen LogP contribution in [0.5, 0.6) is 5.75 Å². The summed E-state index contributed by atoms with van der Waals surface area (Å²) < 4.78 is 39.6. The fraction of sp³-hybridized carbons (Fsp3) is 0.476. The van der Waals surface area contributed by atoms with E-state index in [1.54, 1.807) is 0 Å². The number of halogens is 3.